The molecule has 39 heavy (non-hydrogen) atoms. The van der Waals surface area contributed by atoms with E-state index >= 15 is 0 Å². The molecule has 1 nitrogen and oxygen atoms in total. The van der Waals surface area contributed by atoms with Gasteiger partial charge in [-0.1, -0.05) is 0 Å². The molecular formula is C13F25N. The number of alkyl halides is 25. The minimum Gasteiger partial charge on any atom is -0.219 e. The Bertz CT molecular complexity index is 986. The summed E-state index contributed by atoms with van der Waals surface area (Å²) in [5.74, 6) is -82.9. The lowest BCUT2D eigenvalue weighted by Gasteiger charge is -2.63. The molecule has 1 heterocycles. The van der Waals surface area contributed by atoms with Crippen LogP contribution in [-0.4, -0.2) is 82.0 Å². The molecule has 0 spiro atoms. The third kappa shape index (κ3) is 2.75. The van der Waals surface area contributed by atoms with Gasteiger partial charge in [-0.05, 0) is 0 Å². The largest absolute Gasteiger partial charge is 0.443 e. The Hall–Kier alpha value is -1.79. The molecule has 0 aromatic rings. The third-order valence-electron chi connectivity index (χ3n) is 5.73. The lowest BCUT2D eigenvalue weighted by molar-refractivity contribution is -0.584. The first kappa shape index (κ1) is 33.4. The van der Waals surface area contributed by atoms with Crippen LogP contribution >= 0.6 is 0 Å². The molecule has 0 radical (unpaired) electrons. The second kappa shape index (κ2) is 7.15. The first-order valence-electron chi connectivity index (χ1n) is 8.40. The van der Waals surface area contributed by atoms with Crippen LogP contribution < -0.4 is 0 Å². The molecule has 2 rings (SSSR count). The fourth-order valence-electron chi connectivity index (χ4n) is 3.66. The quantitative estimate of drug-likeness (QED) is 0.211. The van der Waals surface area contributed by atoms with E-state index in [9.17, 15) is 110 Å². The minimum atomic E-state index is -9.68. The first-order chi connectivity index (χ1) is 16.4. The molecule has 232 valence electrons. The van der Waals surface area contributed by atoms with Gasteiger partial charge < -0.3 is 0 Å². The van der Waals surface area contributed by atoms with Crippen molar-refractivity contribution < 1.29 is 110 Å². The van der Waals surface area contributed by atoms with Crippen LogP contribution in [0, 0.1) is 0 Å². The molecule has 1 saturated carbocycles. The van der Waals surface area contributed by atoms with Crippen molar-refractivity contribution in [2.45, 2.75) is 77.1 Å². The molecule has 1 aliphatic carbocycles. The van der Waals surface area contributed by atoms with Crippen molar-refractivity contribution in [2.75, 3.05) is 0 Å². The van der Waals surface area contributed by atoms with Crippen LogP contribution in [0.15, 0.2) is 0 Å². The number of hydrogen-bond donors (Lipinski definition) is 0. The maximum Gasteiger partial charge on any atom is 0.443 e. The van der Waals surface area contributed by atoms with Gasteiger partial charge in [0.25, 0.3) is 0 Å². The Labute approximate surface area is 193 Å². The number of halogens is 25. The van der Waals surface area contributed by atoms with Gasteiger partial charge in [0.05, 0.1) is 0 Å². The van der Waals surface area contributed by atoms with Crippen molar-refractivity contribution in [1.29, 1.82) is 0 Å². The molecule has 1 aliphatic heterocycles. The number of hydrogen-bond acceptors (Lipinski definition) is 1. The summed E-state index contributed by atoms with van der Waals surface area (Å²) >= 11 is 0. The SMILES string of the molecule is FC(F)(F)C1(F)N(C2(F)C(F)(F)C(F)(F)C(F)(C(F)(F)F)C(F)(F)C2(F)F)C(F)(F)C(F)(F)C(F)(F)C1(F)F. The summed E-state index contributed by atoms with van der Waals surface area (Å²) in [6.45, 7) is 0. The van der Waals surface area contributed by atoms with Crippen LogP contribution in [0.25, 0.3) is 0 Å². The fourth-order valence-corrected chi connectivity index (χ4v) is 3.66. The second-order valence-electron chi connectivity index (χ2n) is 7.80. The van der Waals surface area contributed by atoms with Gasteiger partial charge in [0.15, 0.2) is 0 Å². The first-order valence-corrected chi connectivity index (χ1v) is 8.40. The summed E-state index contributed by atoms with van der Waals surface area (Å²) in [5.41, 5.74) is -8.99. The molecule has 0 amide bonds. The Morgan fingerprint density at radius 3 is 0.897 bits per heavy atom. The smallest absolute Gasteiger partial charge is 0.219 e. The van der Waals surface area contributed by atoms with E-state index in [0.717, 1.165) is 0 Å². The van der Waals surface area contributed by atoms with Crippen molar-refractivity contribution in [3.8, 4) is 0 Å². The summed E-state index contributed by atoms with van der Waals surface area (Å²) in [4.78, 5) is -5.60. The fraction of sp³-hybridized carbons (Fsp3) is 1.00. The topological polar surface area (TPSA) is 3.24 Å². The van der Waals surface area contributed by atoms with Crippen LogP contribution in [0.4, 0.5) is 110 Å². The Morgan fingerprint density at radius 2 is 0.641 bits per heavy atom. The van der Waals surface area contributed by atoms with Crippen molar-refractivity contribution in [2.24, 2.45) is 0 Å². The van der Waals surface area contributed by atoms with Crippen LogP contribution in [-0.2, 0) is 0 Å². The molecule has 0 aromatic carbocycles. The maximum absolute atomic E-state index is 15.0. The highest BCUT2D eigenvalue weighted by Gasteiger charge is 3.11. The van der Waals surface area contributed by atoms with E-state index in [0.29, 0.717) is 0 Å². The molecule has 0 N–H and O–H groups in total. The van der Waals surface area contributed by atoms with E-state index in [1.54, 1.807) is 0 Å². The minimum absolute atomic E-state index is 5.60. The summed E-state index contributed by atoms with van der Waals surface area (Å²) in [7, 11) is 0. The lowest BCUT2D eigenvalue weighted by Crippen LogP contribution is -2.97. The predicted octanol–water partition coefficient (Wildman–Crippen LogP) is 7.52. The number of likely N-dealkylation sites (tertiary alicyclic amines) is 1. The molecule has 2 aliphatic rings. The third-order valence-corrected chi connectivity index (χ3v) is 5.73. The highest BCUT2D eigenvalue weighted by molar-refractivity contribution is 5.34. The molecule has 0 bridgehead atoms. The molecule has 26 heteroatoms. The average Bonchev–Trinajstić information content (AvgIpc) is 2.68. The molecule has 2 fully saturated rings. The zero-order chi connectivity index (χ0) is 32.1. The highest BCUT2D eigenvalue weighted by Crippen LogP contribution is 2.77. The Balaban J connectivity index is 3.36. The molecular weight excluding hydrogens is 645 g/mol. The monoisotopic (exact) mass is 645 g/mol. The van der Waals surface area contributed by atoms with Gasteiger partial charge in [0.2, 0.25) is 0 Å². The van der Waals surface area contributed by atoms with Crippen molar-refractivity contribution in [3.05, 3.63) is 0 Å². The van der Waals surface area contributed by atoms with E-state index in [4.69, 9.17) is 0 Å². The number of nitrogens with zero attached hydrogens (tertiary/aromatic N) is 1. The molecule has 1 saturated heterocycles. The van der Waals surface area contributed by atoms with Gasteiger partial charge in [-0.2, -0.15) is 96.6 Å². The standard InChI is InChI=1S/C13F25N/c14-1(11(31,32)33)2(15,16)5(21,22)9(29,6(23,24)3(1,17)18)39-10(30,12(34,35)36)7(25,26)4(19,20)8(27,28)13(39,37)38. The molecule has 1 unspecified atom stereocenters. The summed E-state index contributed by atoms with van der Waals surface area (Å²) < 4.78 is 342. The molecule has 1 atom stereocenters. The van der Waals surface area contributed by atoms with Crippen LogP contribution in [0.5, 0.6) is 0 Å². The van der Waals surface area contributed by atoms with E-state index in [1.165, 1.54) is 0 Å². The van der Waals surface area contributed by atoms with E-state index in [1.807, 2.05) is 0 Å². The summed E-state index contributed by atoms with van der Waals surface area (Å²) in [6, 6.07) is -9.13. The average molecular weight is 645 g/mol. The Kier molecular flexibility index (Phi) is 6.13. The van der Waals surface area contributed by atoms with Gasteiger partial charge >= 0.3 is 77.1 Å². The predicted molar refractivity (Wildman–Crippen MR) is 65.0 cm³/mol. The zero-order valence-electron chi connectivity index (χ0n) is 16.4. The highest BCUT2D eigenvalue weighted by atomic mass is 19.4. The van der Waals surface area contributed by atoms with Crippen molar-refractivity contribution in [1.82, 2.24) is 4.90 Å². The van der Waals surface area contributed by atoms with Gasteiger partial charge in [-0.3, -0.25) is 0 Å². The number of rotatable bonds is 1. The Morgan fingerprint density at radius 1 is 0.333 bits per heavy atom. The van der Waals surface area contributed by atoms with Crippen LogP contribution in [0.1, 0.15) is 0 Å². The normalized spacial score (nSPS) is 40.2. The van der Waals surface area contributed by atoms with Gasteiger partial charge in [-0.25, -0.2) is 13.2 Å². The lowest BCUT2D eigenvalue weighted by atomic mass is 9.67. The summed E-state index contributed by atoms with van der Waals surface area (Å²) in [6.07, 6.45) is -17.4. The van der Waals surface area contributed by atoms with Gasteiger partial charge in [-0.15, -0.1) is 4.90 Å². The van der Waals surface area contributed by atoms with E-state index in [-0.39, 0.29) is 0 Å². The van der Waals surface area contributed by atoms with Gasteiger partial charge in [0, 0.05) is 0 Å². The van der Waals surface area contributed by atoms with Gasteiger partial charge in [0.1, 0.15) is 0 Å². The van der Waals surface area contributed by atoms with E-state index < -0.39 is 82.0 Å². The van der Waals surface area contributed by atoms with Crippen molar-refractivity contribution in [3.63, 3.8) is 0 Å². The number of piperidine rings is 1. The van der Waals surface area contributed by atoms with E-state index in [2.05, 4.69) is 0 Å². The summed E-state index contributed by atoms with van der Waals surface area (Å²) in [5, 5.41) is 0. The maximum atomic E-state index is 15.0. The van der Waals surface area contributed by atoms with Crippen LogP contribution in [0.3, 0.4) is 0 Å². The van der Waals surface area contributed by atoms with Crippen LogP contribution in [0.2, 0.25) is 0 Å². The zero-order valence-corrected chi connectivity index (χ0v) is 16.4. The second-order valence-corrected chi connectivity index (χ2v) is 7.80. The molecule has 0 aromatic heterocycles. The van der Waals surface area contributed by atoms with Crippen molar-refractivity contribution >= 4 is 0 Å².